The fraction of sp³-hybridized carbons (Fsp3) is 0.462. The van der Waals surface area contributed by atoms with E-state index in [4.69, 9.17) is 11.6 Å². The number of hydrogen-bond acceptors (Lipinski definition) is 3. The van der Waals surface area contributed by atoms with Crippen LogP contribution in [0.25, 0.3) is 0 Å². The van der Waals surface area contributed by atoms with Gasteiger partial charge < -0.3 is 4.79 Å². The van der Waals surface area contributed by atoms with Crippen LogP contribution >= 0.6 is 11.6 Å². The van der Waals surface area contributed by atoms with E-state index in [0.717, 1.165) is 6.29 Å². The molecule has 1 fully saturated rings. The largest absolute Gasteiger partial charge is 0.303 e. The molecule has 0 amide bonds. The van der Waals surface area contributed by atoms with Gasteiger partial charge in [0, 0.05) is 24.0 Å². The van der Waals surface area contributed by atoms with Crippen LogP contribution in [0, 0.1) is 12.8 Å². The highest BCUT2D eigenvalue weighted by molar-refractivity contribution is 7.89. The summed E-state index contributed by atoms with van der Waals surface area (Å²) in [5.41, 5.74) is 0.571. The number of carbonyl (C=O) groups is 1. The van der Waals surface area contributed by atoms with Crippen molar-refractivity contribution in [1.82, 2.24) is 4.31 Å². The average molecular weight is 302 g/mol. The number of rotatable bonds is 3. The summed E-state index contributed by atoms with van der Waals surface area (Å²) < 4.78 is 26.5. The van der Waals surface area contributed by atoms with Crippen molar-refractivity contribution in [2.24, 2.45) is 5.92 Å². The van der Waals surface area contributed by atoms with Crippen molar-refractivity contribution < 1.29 is 13.2 Å². The van der Waals surface area contributed by atoms with Gasteiger partial charge in [0.2, 0.25) is 10.0 Å². The van der Waals surface area contributed by atoms with E-state index in [-0.39, 0.29) is 10.8 Å². The van der Waals surface area contributed by atoms with Crippen molar-refractivity contribution >= 4 is 27.9 Å². The third kappa shape index (κ3) is 2.83. The first-order chi connectivity index (χ1) is 8.96. The normalized spacial score (nSPS) is 18.4. The van der Waals surface area contributed by atoms with Crippen molar-refractivity contribution in [2.45, 2.75) is 24.7 Å². The highest BCUT2D eigenvalue weighted by atomic mass is 35.5. The quantitative estimate of drug-likeness (QED) is 0.805. The molecule has 2 rings (SSSR count). The van der Waals surface area contributed by atoms with Gasteiger partial charge in [-0.15, -0.1) is 0 Å². The molecular weight excluding hydrogens is 286 g/mol. The van der Waals surface area contributed by atoms with E-state index in [1.165, 1.54) is 4.31 Å². The average Bonchev–Trinajstić information content (AvgIpc) is 2.41. The van der Waals surface area contributed by atoms with Gasteiger partial charge in [-0.25, -0.2) is 8.42 Å². The second kappa shape index (κ2) is 5.61. The van der Waals surface area contributed by atoms with Gasteiger partial charge >= 0.3 is 0 Å². The number of sulfonamides is 1. The van der Waals surface area contributed by atoms with Crippen LogP contribution in [0.1, 0.15) is 18.4 Å². The van der Waals surface area contributed by atoms with Crippen molar-refractivity contribution in [1.29, 1.82) is 0 Å². The minimum absolute atomic E-state index is 0.0214. The predicted octanol–water partition coefficient (Wildman–Crippen LogP) is 2.25. The van der Waals surface area contributed by atoms with Gasteiger partial charge in [-0.05, 0) is 37.5 Å². The van der Waals surface area contributed by atoms with Crippen molar-refractivity contribution in [3.63, 3.8) is 0 Å². The predicted molar refractivity (Wildman–Crippen MR) is 73.7 cm³/mol. The Kier molecular flexibility index (Phi) is 4.28. The number of aldehydes is 1. The topological polar surface area (TPSA) is 54.5 Å². The van der Waals surface area contributed by atoms with Gasteiger partial charge in [-0.2, -0.15) is 4.31 Å². The summed E-state index contributed by atoms with van der Waals surface area (Å²) in [5, 5.41) is 0.448. The van der Waals surface area contributed by atoms with Gasteiger partial charge in [0.05, 0.1) is 4.90 Å². The van der Waals surface area contributed by atoms with Crippen molar-refractivity contribution in [2.75, 3.05) is 13.1 Å². The van der Waals surface area contributed by atoms with Crippen molar-refractivity contribution in [3.05, 3.63) is 28.8 Å². The molecule has 0 saturated carbocycles. The SMILES string of the molecule is Cc1c(Cl)cccc1S(=O)(=O)N1CCC(C=O)CC1. The summed E-state index contributed by atoms with van der Waals surface area (Å²) >= 11 is 5.98. The number of halogens is 1. The number of piperidine rings is 1. The molecule has 0 radical (unpaired) electrons. The number of carbonyl (C=O) groups excluding carboxylic acids is 1. The Bertz CT molecular complexity index is 578. The zero-order chi connectivity index (χ0) is 14.0. The molecule has 0 unspecified atom stereocenters. The molecule has 1 heterocycles. The molecule has 0 bridgehead atoms. The lowest BCUT2D eigenvalue weighted by atomic mass is 10.0. The zero-order valence-electron chi connectivity index (χ0n) is 10.7. The van der Waals surface area contributed by atoms with Crippen LogP contribution < -0.4 is 0 Å². The molecule has 6 heteroatoms. The fourth-order valence-electron chi connectivity index (χ4n) is 2.26. The Hall–Kier alpha value is -0.910. The molecule has 19 heavy (non-hydrogen) atoms. The lowest BCUT2D eigenvalue weighted by Crippen LogP contribution is -2.39. The Morgan fingerprint density at radius 1 is 1.32 bits per heavy atom. The Morgan fingerprint density at radius 3 is 2.53 bits per heavy atom. The van der Waals surface area contributed by atoms with Crippen LogP contribution in [0.3, 0.4) is 0 Å². The number of nitrogens with zero attached hydrogens (tertiary/aromatic N) is 1. The van der Waals surface area contributed by atoms with Crippen LogP contribution in [-0.4, -0.2) is 32.1 Å². The molecule has 1 aromatic carbocycles. The monoisotopic (exact) mass is 301 g/mol. The molecule has 1 aliphatic rings. The first-order valence-corrected chi connectivity index (χ1v) is 7.99. The molecule has 0 aromatic heterocycles. The highest BCUT2D eigenvalue weighted by Gasteiger charge is 2.30. The molecule has 1 aromatic rings. The van der Waals surface area contributed by atoms with Gasteiger partial charge in [-0.3, -0.25) is 0 Å². The van der Waals surface area contributed by atoms with E-state index in [2.05, 4.69) is 0 Å². The lowest BCUT2D eigenvalue weighted by molar-refractivity contribution is -0.112. The molecule has 1 saturated heterocycles. The second-order valence-electron chi connectivity index (χ2n) is 4.74. The smallest absolute Gasteiger partial charge is 0.243 e. The minimum Gasteiger partial charge on any atom is -0.303 e. The summed E-state index contributed by atoms with van der Waals surface area (Å²) in [6, 6.07) is 4.89. The Balaban J connectivity index is 2.28. The molecule has 0 atom stereocenters. The van der Waals surface area contributed by atoms with Crippen molar-refractivity contribution in [3.8, 4) is 0 Å². The van der Waals surface area contributed by atoms with E-state index in [1.807, 2.05) is 0 Å². The van der Waals surface area contributed by atoms with Gasteiger partial charge in [-0.1, -0.05) is 17.7 Å². The standard InChI is InChI=1S/C13H16ClNO3S/c1-10-12(14)3-2-4-13(10)19(17,18)15-7-5-11(9-16)6-8-15/h2-4,9,11H,5-8H2,1H3. The summed E-state index contributed by atoms with van der Waals surface area (Å²) in [4.78, 5) is 11.0. The highest BCUT2D eigenvalue weighted by Crippen LogP contribution is 2.28. The van der Waals surface area contributed by atoms with Crippen LogP contribution in [0.5, 0.6) is 0 Å². The summed E-state index contributed by atoms with van der Waals surface area (Å²) in [7, 11) is -3.51. The maximum Gasteiger partial charge on any atom is 0.243 e. The molecule has 0 aliphatic carbocycles. The third-order valence-corrected chi connectivity index (χ3v) is 5.98. The summed E-state index contributed by atoms with van der Waals surface area (Å²) in [6.07, 6.45) is 2.08. The summed E-state index contributed by atoms with van der Waals surface area (Å²) in [6.45, 7) is 2.47. The van der Waals surface area contributed by atoms with E-state index in [0.29, 0.717) is 36.5 Å². The Labute approximate surface area is 118 Å². The Morgan fingerprint density at radius 2 is 1.95 bits per heavy atom. The van der Waals surface area contributed by atoms with Crippen LogP contribution in [0.15, 0.2) is 23.1 Å². The maximum atomic E-state index is 12.5. The maximum absolute atomic E-state index is 12.5. The molecule has 4 nitrogen and oxygen atoms in total. The molecular formula is C13H16ClNO3S. The van der Waals surface area contributed by atoms with E-state index < -0.39 is 10.0 Å². The molecule has 104 valence electrons. The molecule has 0 N–H and O–H groups in total. The van der Waals surface area contributed by atoms with Gasteiger partial charge in [0.1, 0.15) is 6.29 Å². The van der Waals surface area contributed by atoms with Gasteiger partial charge in [0.15, 0.2) is 0 Å². The fourth-order valence-corrected chi connectivity index (χ4v) is 4.21. The first kappa shape index (κ1) is 14.5. The third-order valence-electron chi connectivity index (χ3n) is 3.53. The lowest BCUT2D eigenvalue weighted by Gasteiger charge is -2.29. The second-order valence-corrected chi connectivity index (χ2v) is 7.05. The zero-order valence-corrected chi connectivity index (χ0v) is 12.2. The van der Waals surface area contributed by atoms with Crippen LogP contribution in [0.2, 0.25) is 5.02 Å². The number of benzene rings is 1. The number of hydrogen-bond donors (Lipinski definition) is 0. The minimum atomic E-state index is -3.51. The van der Waals surface area contributed by atoms with Crippen LogP contribution in [0.4, 0.5) is 0 Å². The molecule has 0 spiro atoms. The van der Waals surface area contributed by atoms with E-state index in [1.54, 1.807) is 25.1 Å². The first-order valence-electron chi connectivity index (χ1n) is 6.17. The van der Waals surface area contributed by atoms with E-state index >= 15 is 0 Å². The van der Waals surface area contributed by atoms with Gasteiger partial charge in [0.25, 0.3) is 0 Å². The van der Waals surface area contributed by atoms with E-state index in [9.17, 15) is 13.2 Å². The van der Waals surface area contributed by atoms with Crippen LogP contribution in [-0.2, 0) is 14.8 Å². The molecule has 1 aliphatic heterocycles. The summed E-state index contributed by atoms with van der Waals surface area (Å²) in [5.74, 6) is -0.0214.